The van der Waals surface area contributed by atoms with Crippen LogP contribution in [0.3, 0.4) is 0 Å². The van der Waals surface area contributed by atoms with Crippen LogP contribution in [0.2, 0.25) is 0 Å². The second kappa shape index (κ2) is 20.5. The number of piperidine rings is 2. The average molecular weight is 881 g/mol. The Morgan fingerprint density at radius 1 is 0.839 bits per heavy atom. The number of halogens is 2. The van der Waals surface area contributed by atoms with E-state index in [0.717, 1.165) is 65.4 Å². The molecule has 2 bridgehead atoms. The molecule has 0 amide bonds. The lowest BCUT2D eigenvalue weighted by Crippen LogP contribution is -2.43. The molecular weight excluding hydrogens is 827 g/mol. The Morgan fingerprint density at radius 2 is 1.34 bits per heavy atom. The molecule has 5 heterocycles. The lowest BCUT2D eigenvalue weighted by atomic mass is 9.88. The van der Waals surface area contributed by atoms with Gasteiger partial charge in [-0.15, -0.1) is 11.3 Å². The van der Waals surface area contributed by atoms with Crippen molar-refractivity contribution in [3.05, 3.63) is 182 Å². The molecule has 326 valence electrons. The van der Waals surface area contributed by atoms with Crippen LogP contribution in [0.25, 0.3) is 10.5 Å². The van der Waals surface area contributed by atoms with Gasteiger partial charge in [0.25, 0.3) is 15.7 Å². The normalized spacial score (nSPS) is 19.1. The SMILES string of the molecule is CN1[C@@H]2CC[C@H]1C[C@@H](OC(c1ccccc1)c1ccccc1)C2.CS(=O)(=O)O.Cc1nc2sccn2c(=O)c1CCN1CCC(=C(c2ccc(F)cc2)c2ccc(F)cc2)CC1. The minimum Gasteiger partial charge on any atom is -0.365 e. The Labute approximate surface area is 367 Å². The zero-order valence-corrected chi connectivity index (χ0v) is 37.0. The summed E-state index contributed by atoms with van der Waals surface area (Å²) in [5, 5.41) is 1.88. The highest BCUT2D eigenvalue weighted by Gasteiger charge is 2.39. The number of ether oxygens (including phenoxy) is 1. The maximum atomic E-state index is 13.5. The van der Waals surface area contributed by atoms with Crippen molar-refractivity contribution in [2.45, 2.75) is 76.2 Å². The van der Waals surface area contributed by atoms with Crippen LogP contribution in [-0.2, 0) is 21.3 Å². The van der Waals surface area contributed by atoms with Gasteiger partial charge >= 0.3 is 0 Å². The number of hydrogen-bond acceptors (Lipinski definition) is 8. The Hall–Kier alpha value is -4.89. The number of hydrogen-bond donors (Lipinski definition) is 1. The van der Waals surface area contributed by atoms with Gasteiger partial charge in [0.1, 0.15) is 17.7 Å². The average Bonchev–Trinajstić information content (AvgIpc) is 3.80. The van der Waals surface area contributed by atoms with Crippen LogP contribution in [0.15, 0.2) is 131 Å². The third-order valence-electron chi connectivity index (χ3n) is 12.1. The van der Waals surface area contributed by atoms with E-state index in [-0.39, 0.29) is 23.3 Å². The molecule has 0 spiro atoms. The monoisotopic (exact) mass is 880 g/mol. The molecule has 6 aromatic rings. The molecule has 1 N–H and O–H groups in total. The van der Waals surface area contributed by atoms with E-state index in [1.54, 1.807) is 34.9 Å². The maximum absolute atomic E-state index is 13.5. The molecule has 3 aliphatic heterocycles. The number of thiazole rings is 1. The van der Waals surface area contributed by atoms with Gasteiger partial charge in [0, 0.05) is 54.6 Å². The smallest absolute Gasteiger partial charge is 0.261 e. The summed E-state index contributed by atoms with van der Waals surface area (Å²) in [4.78, 5) is 23.1. The van der Waals surface area contributed by atoms with Gasteiger partial charge in [-0.1, -0.05) is 90.5 Å². The van der Waals surface area contributed by atoms with E-state index >= 15 is 0 Å². The van der Waals surface area contributed by atoms with Crippen LogP contribution in [0.1, 0.15) is 78.1 Å². The molecular formula is C49H54F2N4O5S2. The number of nitrogens with zero attached hydrogens (tertiary/aromatic N) is 4. The summed E-state index contributed by atoms with van der Waals surface area (Å²) in [6.45, 7) is 4.44. The van der Waals surface area contributed by atoms with E-state index in [1.807, 2.05) is 12.3 Å². The Morgan fingerprint density at radius 3 is 1.84 bits per heavy atom. The van der Waals surface area contributed by atoms with Crippen LogP contribution in [0, 0.1) is 18.6 Å². The molecule has 3 atom stereocenters. The van der Waals surface area contributed by atoms with E-state index in [1.165, 1.54) is 78.0 Å². The third-order valence-corrected chi connectivity index (χ3v) is 12.9. The molecule has 9 nitrogen and oxygen atoms in total. The second-order valence-corrected chi connectivity index (χ2v) is 18.7. The Bertz CT molecular complexity index is 2480. The standard InChI is InChI=1S/C27H25F2N3OS.C21H25NO.CH4O3S/c1-18-24(26(33)32-16-17-34-27(32)30-18)12-15-31-13-10-21(11-14-31)25(19-2-6-22(28)7-3-19)20-4-8-23(29)9-5-20;1-22-18-12-13-19(22)15-20(14-18)23-21(16-8-4-2-5-9-16)17-10-6-3-7-11-17;1-5(2,3)4/h2-9,16-17H,10-15H2,1H3;2-11,18-21H,12-15H2,1H3;1H3,(H,2,3,4)/t;18-,19+,20+;. The molecule has 62 heavy (non-hydrogen) atoms. The van der Waals surface area contributed by atoms with Crippen LogP contribution in [-0.4, -0.2) is 83.3 Å². The number of rotatable bonds is 9. The zero-order chi connectivity index (χ0) is 43.8. The summed E-state index contributed by atoms with van der Waals surface area (Å²) in [7, 11) is -1.38. The van der Waals surface area contributed by atoms with Gasteiger partial charge in [0.2, 0.25) is 0 Å². The highest BCUT2D eigenvalue weighted by Crippen LogP contribution is 2.39. The van der Waals surface area contributed by atoms with Crippen molar-refractivity contribution < 1.29 is 26.5 Å². The number of benzene rings is 4. The first-order valence-electron chi connectivity index (χ1n) is 21.1. The minimum absolute atomic E-state index is 0.0243. The van der Waals surface area contributed by atoms with Crippen LogP contribution in [0.5, 0.6) is 0 Å². The molecule has 0 radical (unpaired) electrons. The molecule has 0 unspecified atom stereocenters. The topological polar surface area (TPSA) is 104 Å². The van der Waals surface area contributed by atoms with E-state index < -0.39 is 10.1 Å². The second-order valence-electron chi connectivity index (χ2n) is 16.3. The first-order valence-corrected chi connectivity index (χ1v) is 23.8. The van der Waals surface area contributed by atoms with Gasteiger partial charge in [-0.3, -0.25) is 13.7 Å². The van der Waals surface area contributed by atoms with Crippen LogP contribution >= 0.6 is 11.3 Å². The third kappa shape index (κ3) is 11.8. The van der Waals surface area contributed by atoms with Crippen LogP contribution in [0.4, 0.5) is 8.78 Å². The number of aryl methyl sites for hydroxylation is 1. The molecule has 4 aromatic carbocycles. The lowest BCUT2D eigenvalue weighted by molar-refractivity contribution is -0.0426. The van der Waals surface area contributed by atoms with E-state index in [4.69, 9.17) is 9.29 Å². The van der Waals surface area contributed by atoms with Gasteiger partial charge < -0.3 is 14.5 Å². The summed E-state index contributed by atoms with van der Waals surface area (Å²) in [6, 6.07) is 35.7. The molecule has 3 saturated heterocycles. The summed E-state index contributed by atoms with van der Waals surface area (Å²) in [5.74, 6) is -0.549. The molecule has 13 heteroatoms. The maximum Gasteiger partial charge on any atom is 0.261 e. The van der Waals surface area contributed by atoms with E-state index in [2.05, 4.69) is 82.5 Å². The van der Waals surface area contributed by atoms with E-state index in [9.17, 15) is 22.0 Å². The summed E-state index contributed by atoms with van der Waals surface area (Å²) in [5.41, 5.74) is 8.33. The predicted molar refractivity (Wildman–Crippen MR) is 243 cm³/mol. The number of fused-ring (bicyclic) bond motifs is 3. The fourth-order valence-corrected chi connectivity index (χ4v) is 9.70. The minimum atomic E-state index is -3.67. The number of aromatic nitrogens is 2. The van der Waals surface area contributed by atoms with Gasteiger partial charge in [-0.2, -0.15) is 8.42 Å². The molecule has 0 aliphatic carbocycles. The molecule has 3 aliphatic rings. The Balaban J connectivity index is 0.000000178. The van der Waals surface area contributed by atoms with Gasteiger partial charge in [0.05, 0.1) is 12.4 Å². The quantitative estimate of drug-likeness (QED) is 0.143. The van der Waals surface area contributed by atoms with Crippen molar-refractivity contribution in [3.8, 4) is 0 Å². The van der Waals surface area contributed by atoms with Gasteiger partial charge in [-0.25, -0.2) is 13.8 Å². The highest BCUT2D eigenvalue weighted by molar-refractivity contribution is 7.85. The van der Waals surface area contributed by atoms with Gasteiger partial charge in [0.15, 0.2) is 4.96 Å². The van der Waals surface area contributed by atoms with E-state index in [0.29, 0.717) is 30.9 Å². The fraction of sp³-hybridized carbons (Fsp3) is 0.347. The molecule has 9 rings (SSSR count). The zero-order valence-electron chi connectivity index (χ0n) is 35.4. The Kier molecular flexibility index (Phi) is 14.9. The highest BCUT2D eigenvalue weighted by atomic mass is 32.2. The van der Waals surface area contributed by atoms with Crippen molar-refractivity contribution >= 4 is 32.0 Å². The molecule has 2 aromatic heterocycles. The van der Waals surface area contributed by atoms with Crippen LogP contribution < -0.4 is 5.56 Å². The summed E-state index contributed by atoms with van der Waals surface area (Å²) >= 11 is 1.47. The predicted octanol–water partition coefficient (Wildman–Crippen LogP) is 9.40. The largest absolute Gasteiger partial charge is 0.365 e. The van der Waals surface area contributed by atoms with Crippen molar-refractivity contribution in [1.82, 2.24) is 19.2 Å². The fourth-order valence-electron chi connectivity index (χ4n) is 8.95. The number of likely N-dealkylation sites (tertiary alicyclic amines) is 1. The first-order chi connectivity index (χ1) is 29.8. The molecule has 3 fully saturated rings. The van der Waals surface area contributed by atoms with Gasteiger partial charge in [-0.05, 0) is 111 Å². The van der Waals surface area contributed by atoms with Crippen molar-refractivity contribution in [2.24, 2.45) is 0 Å². The van der Waals surface area contributed by atoms with Crippen molar-refractivity contribution in [3.63, 3.8) is 0 Å². The first kappa shape index (κ1) is 45.1. The van der Waals surface area contributed by atoms with Crippen molar-refractivity contribution in [2.75, 3.05) is 32.9 Å². The summed E-state index contributed by atoms with van der Waals surface area (Å²) < 4.78 is 61.3. The summed E-state index contributed by atoms with van der Waals surface area (Å²) in [6.07, 6.45) is 10.3. The lowest BCUT2D eigenvalue weighted by Gasteiger charge is -2.38. The molecule has 0 saturated carbocycles. The van der Waals surface area contributed by atoms with Crippen molar-refractivity contribution in [1.29, 1.82) is 0 Å².